The highest BCUT2D eigenvalue weighted by Gasteiger charge is 2.14. The zero-order valence-electron chi connectivity index (χ0n) is 9.99. The van der Waals surface area contributed by atoms with Crippen molar-refractivity contribution >= 4 is 34.5 Å². The van der Waals surface area contributed by atoms with E-state index in [9.17, 15) is 0 Å². The van der Waals surface area contributed by atoms with Crippen molar-refractivity contribution in [1.29, 1.82) is 0 Å². The molecule has 96 valence electrons. The number of rotatable bonds is 5. The molecular formula is C13H14Cl2N2S. The number of nitrogens with zero attached hydrogens (tertiary/aromatic N) is 1. The van der Waals surface area contributed by atoms with E-state index in [1.54, 1.807) is 11.3 Å². The van der Waals surface area contributed by atoms with Crippen LogP contribution in [0.4, 0.5) is 0 Å². The summed E-state index contributed by atoms with van der Waals surface area (Å²) in [6.07, 6.45) is 3.51. The first-order chi connectivity index (χ1) is 8.70. The Morgan fingerprint density at radius 2 is 2.00 bits per heavy atom. The van der Waals surface area contributed by atoms with Crippen LogP contribution in [0.15, 0.2) is 29.8 Å². The maximum atomic E-state index is 6.19. The van der Waals surface area contributed by atoms with Crippen LogP contribution in [-0.2, 0) is 12.8 Å². The Balaban J connectivity index is 2.10. The molecule has 2 rings (SSSR count). The minimum atomic E-state index is 0.286. The molecule has 0 aliphatic rings. The molecule has 1 aromatic heterocycles. The second-order valence-corrected chi connectivity index (χ2v) is 5.81. The molecule has 1 unspecified atom stereocenters. The summed E-state index contributed by atoms with van der Waals surface area (Å²) in [6, 6.07) is 5.90. The van der Waals surface area contributed by atoms with Crippen molar-refractivity contribution < 1.29 is 0 Å². The maximum absolute atomic E-state index is 6.19. The van der Waals surface area contributed by atoms with Gasteiger partial charge in [-0.3, -0.25) is 0 Å². The monoisotopic (exact) mass is 300 g/mol. The fourth-order valence-corrected chi connectivity index (χ4v) is 3.06. The van der Waals surface area contributed by atoms with Gasteiger partial charge in [0, 0.05) is 34.1 Å². The Morgan fingerprint density at radius 1 is 1.28 bits per heavy atom. The van der Waals surface area contributed by atoms with Crippen molar-refractivity contribution in [2.24, 2.45) is 0 Å². The van der Waals surface area contributed by atoms with Gasteiger partial charge in [-0.05, 0) is 31.2 Å². The van der Waals surface area contributed by atoms with Crippen molar-refractivity contribution in [2.75, 3.05) is 7.05 Å². The summed E-state index contributed by atoms with van der Waals surface area (Å²) in [7, 11) is 1.95. The first-order valence-electron chi connectivity index (χ1n) is 5.69. The first kappa shape index (κ1) is 13.8. The van der Waals surface area contributed by atoms with E-state index < -0.39 is 0 Å². The highest BCUT2D eigenvalue weighted by molar-refractivity contribution is 7.09. The molecule has 5 heteroatoms. The molecule has 0 saturated heterocycles. The SMILES string of the molecule is CNC(Cc1nccs1)Cc1c(Cl)cccc1Cl. The molecular weight excluding hydrogens is 287 g/mol. The van der Waals surface area contributed by atoms with E-state index in [0.29, 0.717) is 0 Å². The van der Waals surface area contributed by atoms with Gasteiger partial charge in [-0.2, -0.15) is 0 Å². The first-order valence-corrected chi connectivity index (χ1v) is 7.32. The number of hydrogen-bond donors (Lipinski definition) is 1. The number of benzene rings is 1. The Hall–Kier alpha value is -0.610. The zero-order valence-corrected chi connectivity index (χ0v) is 12.3. The van der Waals surface area contributed by atoms with Crippen LogP contribution in [-0.4, -0.2) is 18.1 Å². The molecule has 0 bridgehead atoms. The van der Waals surface area contributed by atoms with Gasteiger partial charge in [0.1, 0.15) is 0 Å². The predicted molar refractivity (Wildman–Crippen MR) is 78.8 cm³/mol. The van der Waals surface area contributed by atoms with E-state index in [0.717, 1.165) is 33.5 Å². The minimum absolute atomic E-state index is 0.286. The molecule has 0 amide bonds. The Morgan fingerprint density at radius 3 is 2.56 bits per heavy atom. The standard InChI is InChI=1S/C13H14Cl2N2S/c1-16-9(8-13-17-5-6-18-13)7-10-11(14)3-2-4-12(10)15/h2-6,9,16H,7-8H2,1H3. The molecule has 18 heavy (non-hydrogen) atoms. The second kappa shape index (κ2) is 6.53. The van der Waals surface area contributed by atoms with Crippen LogP contribution < -0.4 is 5.32 Å². The molecule has 1 aromatic carbocycles. The molecule has 0 saturated carbocycles. The van der Waals surface area contributed by atoms with Gasteiger partial charge in [0.2, 0.25) is 0 Å². The lowest BCUT2D eigenvalue weighted by Gasteiger charge is -2.16. The van der Waals surface area contributed by atoms with Gasteiger partial charge in [0.25, 0.3) is 0 Å². The van der Waals surface area contributed by atoms with Crippen molar-refractivity contribution in [3.8, 4) is 0 Å². The van der Waals surface area contributed by atoms with Gasteiger partial charge in [0.15, 0.2) is 0 Å². The summed E-state index contributed by atoms with van der Waals surface area (Å²) in [4.78, 5) is 4.30. The van der Waals surface area contributed by atoms with Gasteiger partial charge in [-0.1, -0.05) is 29.3 Å². The van der Waals surface area contributed by atoms with Crippen molar-refractivity contribution in [2.45, 2.75) is 18.9 Å². The van der Waals surface area contributed by atoms with Crippen molar-refractivity contribution in [3.63, 3.8) is 0 Å². The topological polar surface area (TPSA) is 24.9 Å². The lowest BCUT2D eigenvalue weighted by molar-refractivity contribution is 0.555. The van der Waals surface area contributed by atoms with E-state index >= 15 is 0 Å². The lowest BCUT2D eigenvalue weighted by Crippen LogP contribution is -2.30. The summed E-state index contributed by atoms with van der Waals surface area (Å²) in [5, 5.41) is 7.85. The van der Waals surface area contributed by atoms with Crippen LogP contribution in [0.1, 0.15) is 10.6 Å². The van der Waals surface area contributed by atoms with E-state index in [4.69, 9.17) is 23.2 Å². The fourth-order valence-electron chi connectivity index (χ4n) is 1.81. The predicted octanol–water partition coefficient (Wildman–Crippen LogP) is 3.82. The van der Waals surface area contributed by atoms with E-state index in [1.165, 1.54) is 0 Å². The summed E-state index contributed by atoms with van der Waals surface area (Å²) >= 11 is 14.0. The summed E-state index contributed by atoms with van der Waals surface area (Å²) in [5.41, 5.74) is 0.997. The third-order valence-corrected chi connectivity index (χ3v) is 4.34. The molecule has 2 aromatic rings. The Kier molecular flexibility index (Phi) is 5.01. The number of likely N-dealkylation sites (N-methyl/N-ethyl adjacent to an activating group) is 1. The molecule has 0 radical (unpaired) electrons. The van der Waals surface area contributed by atoms with Gasteiger partial charge in [0.05, 0.1) is 5.01 Å². The fraction of sp³-hybridized carbons (Fsp3) is 0.308. The lowest BCUT2D eigenvalue weighted by atomic mass is 10.0. The summed E-state index contributed by atoms with van der Waals surface area (Å²) < 4.78 is 0. The number of hydrogen-bond acceptors (Lipinski definition) is 3. The second-order valence-electron chi connectivity index (χ2n) is 4.02. The summed E-state index contributed by atoms with van der Waals surface area (Å²) in [6.45, 7) is 0. The Bertz CT molecular complexity index is 479. The van der Waals surface area contributed by atoms with E-state index in [-0.39, 0.29) is 6.04 Å². The molecule has 0 aliphatic carbocycles. The molecule has 2 nitrogen and oxygen atoms in total. The molecule has 1 N–H and O–H groups in total. The third kappa shape index (κ3) is 3.45. The largest absolute Gasteiger partial charge is 0.316 e. The maximum Gasteiger partial charge on any atom is 0.0940 e. The van der Waals surface area contributed by atoms with E-state index in [1.807, 2.05) is 36.8 Å². The van der Waals surface area contributed by atoms with E-state index in [2.05, 4.69) is 10.3 Å². The van der Waals surface area contributed by atoms with Crippen LogP contribution in [0.25, 0.3) is 0 Å². The number of aromatic nitrogens is 1. The van der Waals surface area contributed by atoms with Gasteiger partial charge in [-0.25, -0.2) is 4.98 Å². The quantitative estimate of drug-likeness (QED) is 0.908. The molecule has 0 fully saturated rings. The van der Waals surface area contributed by atoms with Crippen LogP contribution >= 0.6 is 34.5 Å². The number of thiazole rings is 1. The average molecular weight is 301 g/mol. The highest BCUT2D eigenvalue weighted by atomic mass is 35.5. The highest BCUT2D eigenvalue weighted by Crippen LogP contribution is 2.26. The molecule has 1 atom stereocenters. The van der Waals surface area contributed by atoms with Gasteiger partial charge < -0.3 is 5.32 Å². The van der Waals surface area contributed by atoms with Crippen LogP contribution in [0.3, 0.4) is 0 Å². The molecule has 0 spiro atoms. The van der Waals surface area contributed by atoms with Gasteiger partial charge >= 0.3 is 0 Å². The minimum Gasteiger partial charge on any atom is -0.316 e. The zero-order chi connectivity index (χ0) is 13.0. The van der Waals surface area contributed by atoms with Crippen LogP contribution in [0.5, 0.6) is 0 Å². The van der Waals surface area contributed by atoms with Crippen LogP contribution in [0, 0.1) is 0 Å². The van der Waals surface area contributed by atoms with Gasteiger partial charge in [-0.15, -0.1) is 11.3 Å². The van der Waals surface area contributed by atoms with Crippen LogP contribution in [0.2, 0.25) is 10.0 Å². The smallest absolute Gasteiger partial charge is 0.0940 e. The summed E-state index contributed by atoms with van der Waals surface area (Å²) in [5.74, 6) is 0. The average Bonchev–Trinajstić information content (AvgIpc) is 2.85. The number of nitrogens with one attached hydrogen (secondary N) is 1. The molecule has 1 heterocycles. The normalized spacial score (nSPS) is 12.6. The number of halogens is 2. The van der Waals surface area contributed by atoms with Crippen molar-refractivity contribution in [3.05, 3.63) is 50.4 Å². The molecule has 0 aliphatic heterocycles. The third-order valence-electron chi connectivity index (χ3n) is 2.82. The van der Waals surface area contributed by atoms with Crippen molar-refractivity contribution in [1.82, 2.24) is 10.3 Å². The Labute approximate surface area is 121 Å².